The fourth-order valence-electron chi connectivity index (χ4n) is 2.57. The van der Waals surface area contributed by atoms with Gasteiger partial charge in [-0.15, -0.1) is 11.3 Å². The van der Waals surface area contributed by atoms with E-state index in [1.165, 1.54) is 11.3 Å². The van der Waals surface area contributed by atoms with Gasteiger partial charge in [-0.1, -0.05) is 19.1 Å². The van der Waals surface area contributed by atoms with Gasteiger partial charge in [0.25, 0.3) is 0 Å². The highest BCUT2D eigenvalue weighted by Crippen LogP contribution is 2.30. The predicted molar refractivity (Wildman–Crippen MR) is 102 cm³/mol. The molecular weight excluding hydrogens is 334 g/mol. The van der Waals surface area contributed by atoms with Crippen LogP contribution in [-0.2, 0) is 4.79 Å². The molecule has 0 saturated heterocycles. The van der Waals surface area contributed by atoms with Crippen molar-refractivity contribution in [3.63, 3.8) is 0 Å². The van der Waals surface area contributed by atoms with E-state index in [1.54, 1.807) is 12.4 Å². The smallest absolute Gasteiger partial charge is 0.233 e. The van der Waals surface area contributed by atoms with Gasteiger partial charge in [0.1, 0.15) is 5.75 Å². The van der Waals surface area contributed by atoms with Crippen LogP contribution in [0.3, 0.4) is 0 Å². The molecule has 130 valence electrons. The first-order chi connectivity index (χ1) is 12.2. The van der Waals surface area contributed by atoms with E-state index < -0.39 is 5.92 Å². The zero-order chi connectivity index (χ0) is 17.6. The predicted octanol–water partition coefficient (Wildman–Crippen LogP) is 3.77. The van der Waals surface area contributed by atoms with E-state index in [-0.39, 0.29) is 12.5 Å². The molecule has 0 radical (unpaired) electrons. The second-order valence-corrected chi connectivity index (χ2v) is 6.80. The summed E-state index contributed by atoms with van der Waals surface area (Å²) in [6, 6.07) is 11.4. The maximum Gasteiger partial charge on any atom is 0.233 e. The van der Waals surface area contributed by atoms with Crippen LogP contribution in [0.15, 0.2) is 48.8 Å². The number of nitrogens with zero attached hydrogens (tertiary/aromatic N) is 1. The average molecular weight is 355 g/mol. The lowest BCUT2D eigenvalue weighted by atomic mass is 9.98. The Balaban J connectivity index is 1.72. The number of hydrogen-bond acceptors (Lipinski definition) is 5. The molecule has 1 aromatic carbocycles. The van der Waals surface area contributed by atoms with E-state index in [4.69, 9.17) is 10.5 Å². The summed E-state index contributed by atoms with van der Waals surface area (Å²) >= 11 is 1.50. The third-order valence-electron chi connectivity index (χ3n) is 3.88. The number of carbonyl (C=O) groups is 1. The van der Waals surface area contributed by atoms with Crippen molar-refractivity contribution in [1.29, 1.82) is 0 Å². The first-order valence-electron chi connectivity index (χ1n) is 8.28. The molecule has 2 heterocycles. The van der Waals surface area contributed by atoms with Gasteiger partial charge in [-0.2, -0.15) is 0 Å². The maximum atomic E-state index is 12.6. The lowest BCUT2D eigenvalue weighted by Gasteiger charge is -2.15. The molecule has 0 fully saturated rings. The van der Waals surface area contributed by atoms with E-state index in [9.17, 15) is 4.79 Å². The van der Waals surface area contributed by atoms with Crippen LogP contribution >= 0.6 is 11.3 Å². The molecule has 0 aliphatic heterocycles. The fourth-order valence-corrected chi connectivity index (χ4v) is 3.50. The first kappa shape index (κ1) is 17.4. The van der Waals surface area contributed by atoms with Gasteiger partial charge in [-0.3, -0.25) is 9.78 Å². The number of thiophene rings is 1. The summed E-state index contributed by atoms with van der Waals surface area (Å²) in [4.78, 5) is 16.7. The van der Waals surface area contributed by atoms with Crippen LogP contribution in [0.5, 0.6) is 5.75 Å². The highest BCUT2D eigenvalue weighted by molar-refractivity contribution is 7.22. The van der Waals surface area contributed by atoms with Gasteiger partial charge in [0.15, 0.2) is 0 Å². The van der Waals surface area contributed by atoms with Crippen molar-refractivity contribution in [2.45, 2.75) is 19.3 Å². The lowest BCUT2D eigenvalue weighted by molar-refractivity contribution is -0.117. The van der Waals surface area contributed by atoms with Gasteiger partial charge < -0.3 is 15.8 Å². The highest BCUT2D eigenvalue weighted by Gasteiger charge is 2.20. The van der Waals surface area contributed by atoms with Crippen LogP contribution in [0, 0.1) is 0 Å². The molecule has 0 bridgehead atoms. The lowest BCUT2D eigenvalue weighted by Crippen LogP contribution is -2.27. The summed E-state index contributed by atoms with van der Waals surface area (Å²) < 4.78 is 6.62. The fraction of sp³-hybridized carbons (Fsp3) is 0.263. The molecule has 3 rings (SSSR count). The van der Waals surface area contributed by atoms with Crippen LogP contribution < -0.4 is 15.8 Å². The minimum Gasteiger partial charge on any atom is -0.494 e. The number of benzene rings is 1. The van der Waals surface area contributed by atoms with Gasteiger partial charge >= 0.3 is 0 Å². The molecule has 0 spiro atoms. The molecule has 3 N–H and O–H groups in total. The number of carbonyl (C=O) groups excluding carboxylic acids is 1. The summed E-state index contributed by atoms with van der Waals surface area (Å²) in [7, 11) is 0. The number of amides is 1. The van der Waals surface area contributed by atoms with E-state index in [0.29, 0.717) is 6.61 Å². The normalized spacial score (nSPS) is 12.1. The Hall–Kier alpha value is -2.44. The number of hydrogen-bond donors (Lipinski definition) is 2. The summed E-state index contributed by atoms with van der Waals surface area (Å²) in [6.45, 7) is 2.99. The number of anilines is 1. The maximum absolute atomic E-state index is 12.6. The third kappa shape index (κ3) is 4.15. The molecule has 5 nitrogen and oxygen atoms in total. The van der Waals surface area contributed by atoms with Gasteiger partial charge in [0.2, 0.25) is 5.91 Å². The minimum absolute atomic E-state index is 0.107. The number of fused-ring (bicyclic) bond motifs is 1. The Morgan fingerprint density at radius 3 is 2.80 bits per heavy atom. The van der Waals surface area contributed by atoms with Gasteiger partial charge in [-0.25, -0.2) is 0 Å². The average Bonchev–Trinajstić information content (AvgIpc) is 3.03. The molecular formula is C19H21N3O2S. The number of nitrogens with one attached hydrogen (secondary N) is 1. The van der Waals surface area contributed by atoms with Crippen molar-refractivity contribution in [2.75, 3.05) is 18.5 Å². The van der Waals surface area contributed by atoms with Gasteiger partial charge in [-0.05, 0) is 41.6 Å². The first-order valence-corrected chi connectivity index (χ1v) is 9.10. The Kier molecular flexibility index (Phi) is 5.63. The molecule has 1 atom stereocenters. The SMILES string of the molecule is CCCOc1ccc(C(CN)C(=O)Nc2cc3ccncc3s2)cc1. The number of aromatic nitrogens is 1. The van der Waals surface area contributed by atoms with E-state index in [1.807, 2.05) is 36.4 Å². The molecule has 25 heavy (non-hydrogen) atoms. The van der Waals surface area contributed by atoms with Crippen molar-refractivity contribution in [3.8, 4) is 5.75 Å². The van der Waals surface area contributed by atoms with E-state index in [2.05, 4.69) is 17.2 Å². The van der Waals surface area contributed by atoms with Crippen LogP contribution in [0.1, 0.15) is 24.8 Å². The molecule has 2 aromatic heterocycles. The van der Waals surface area contributed by atoms with Crippen LogP contribution in [0.25, 0.3) is 10.1 Å². The Morgan fingerprint density at radius 1 is 1.32 bits per heavy atom. The standard InChI is InChI=1S/C19H21N3O2S/c1-2-9-24-15-5-3-13(4-6-15)16(11-20)19(23)22-18-10-14-7-8-21-12-17(14)25-18/h3-8,10,12,16H,2,9,11,20H2,1H3,(H,22,23). The summed E-state index contributed by atoms with van der Waals surface area (Å²) in [6.07, 6.45) is 4.50. The Morgan fingerprint density at radius 2 is 2.12 bits per heavy atom. The van der Waals surface area contributed by atoms with Gasteiger partial charge in [0, 0.05) is 18.9 Å². The summed E-state index contributed by atoms with van der Waals surface area (Å²) in [5.41, 5.74) is 6.74. The van der Waals surface area contributed by atoms with Crippen LogP contribution in [-0.4, -0.2) is 24.0 Å². The van der Waals surface area contributed by atoms with E-state index in [0.717, 1.165) is 32.8 Å². The minimum atomic E-state index is -0.399. The largest absolute Gasteiger partial charge is 0.494 e. The number of nitrogens with two attached hydrogens (primary N) is 1. The van der Waals surface area contributed by atoms with Crippen molar-refractivity contribution >= 4 is 32.3 Å². The molecule has 0 saturated carbocycles. The quantitative estimate of drug-likeness (QED) is 0.676. The van der Waals surface area contributed by atoms with Gasteiger partial charge in [0.05, 0.1) is 22.2 Å². The monoisotopic (exact) mass is 355 g/mol. The van der Waals surface area contributed by atoms with Crippen LogP contribution in [0.2, 0.25) is 0 Å². The molecule has 1 unspecified atom stereocenters. The Labute approximate surface area is 150 Å². The highest BCUT2D eigenvalue weighted by atomic mass is 32.1. The van der Waals surface area contributed by atoms with Crippen molar-refractivity contribution in [1.82, 2.24) is 4.98 Å². The van der Waals surface area contributed by atoms with E-state index >= 15 is 0 Å². The number of ether oxygens (including phenoxy) is 1. The summed E-state index contributed by atoms with van der Waals surface area (Å²) in [5, 5.41) is 4.84. The third-order valence-corrected chi connectivity index (χ3v) is 4.88. The molecule has 0 aliphatic rings. The second-order valence-electron chi connectivity index (χ2n) is 5.72. The molecule has 1 amide bonds. The number of pyridine rings is 1. The molecule has 6 heteroatoms. The zero-order valence-electron chi connectivity index (χ0n) is 14.1. The number of rotatable bonds is 7. The van der Waals surface area contributed by atoms with Crippen molar-refractivity contribution in [2.24, 2.45) is 5.73 Å². The van der Waals surface area contributed by atoms with Crippen molar-refractivity contribution in [3.05, 3.63) is 54.4 Å². The second kappa shape index (κ2) is 8.09. The van der Waals surface area contributed by atoms with Crippen molar-refractivity contribution < 1.29 is 9.53 Å². The topological polar surface area (TPSA) is 77.2 Å². The molecule has 3 aromatic rings. The molecule has 0 aliphatic carbocycles. The summed E-state index contributed by atoms with van der Waals surface area (Å²) in [5.74, 6) is 0.298. The Bertz CT molecular complexity index is 812. The van der Waals surface area contributed by atoms with Crippen LogP contribution in [0.4, 0.5) is 5.00 Å². The zero-order valence-corrected chi connectivity index (χ0v) is 14.9.